The summed E-state index contributed by atoms with van der Waals surface area (Å²) in [5.41, 5.74) is -1.77. The molecule has 97 valence electrons. The molecular formula is C10H16NO6. The first-order valence-electron chi connectivity index (χ1n) is 4.83. The van der Waals surface area contributed by atoms with Crippen LogP contribution >= 0.6 is 0 Å². The van der Waals surface area contributed by atoms with Gasteiger partial charge in [-0.25, -0.2) is 0 Å². The molecule has 0 bridgehead atoms. The molecule has 0 aliphatic rings. The summed E-state index contributed by atoms with van der Waals surface area (Å²) in [5.74, 6) is -1.09. The maximum Gasteiger partial charge on any atom is 0.183 e. The SMILES string of the molecule is [CH2]C(C)(C#N)C(=O)[C@H](O)[C@@H](O)[C@H](O)[C@H](O)CO. The van der Waals surface area contributed by atoms with Gasteiger partial charge in [-0.1, -0.05) is 0 Å². The lowest BCUT2D eigenvalue weighted by Gasteiger charge is -2.27. The van der Waals surface area contributed by atoms with E-state index in [4.69, 9.17) is 15.5 Å². The lowest BCUT2D eigenvalue weighted by atomic mass is 9.84. The van der Waals surface area contributed by atoms with Crippen molar-refractivity contribution in [2.45, 2.75) is 31.3 Å². The molecule has 17 heavy (non-hydrogen) atoms. The van der Waals surface area contributed by atoms with Crippen LogP contribution in [0.15, 0.2) is 0 Å². The molecule has 5 N–H and O–H groups in total. The Morgan fingerprint density at radius 3 is 2.18 bits per heavy atom. The van der Waals surface area contributed by atoms with Crippen LogP contribution in [-0.4, -0.2) is 62.3 Å². The van der Waals surface area contributed by atoms with Crippen LogP contribution in [0.3, 0.4) is 0 Å². The lowest BCUT2D eigenvalue weighted by molar-refractivity contribution is -0.151. The van der Waals surface area contributed by atoms with E-state index in [1.54, 1.807) is 0 Å². The third-order valence-corrected chi connectivity index (χ3v) is 2.31. The molecule has 0 aromatic heterocycles. The number of carbonyl (C=O) groups excluding carboxylic acids is 1. The topological polar surface area (TPSA) is 142 Å². The highest BCUT2D eigenvalue weighted by atomic mass is 16.4. The molecule has 1 radical (unpaired) electrons. The number of aliphatic hydroxyl groups excluding tert-OH is 5. The molecule has 0 aliphatic carbocycles. The Bertz CT molecular complexity index is 310. The van der Waals surface area contributed by atoms with Crippen molar-refractivity contribution in [2.75, 3.05) is 6.61 Å². The van der Waals surface area contributed by atoms with Gasteiger partial charge in [0.2, 0.25) is 0 Å². The second-order valence-corrected chi connectivity index (χ2v) is 3.98. The van der Waals surface area contributed by atoms with Crippen LogP contribution < -0.4 is 0 Å². The van der Waals surface area contributed by atoms with Crippen LogP contribution in [0.4, 0.5) is 0 Å². The summed E-state index contributed by atoms with van der Waals surface area (Å²) in [7, 11) is 0. The molecule has 5 atom stereocenters. The van der Waals surface area contributed by atoms with Crippen molar-refractivity contribution in [2.24, 2.45) is 5.41 Å². The molecule has 0 heterocycles. The van der Waals surface area contributed by atoms with Gasteiger partial charge in [-0.15, -0.1) is 0 Å². The van der Waals surface area contributed by atoms with Crippen LogP contribution in [0.25, 0.3) is 0 Å². The number of nitriles is 1. The first kappa shape index (κ1) is 16.0. The zero-order chi connectivity index (χ0) is 13.8. The van der Waals surface area contributed by atoms with Crippen molar-refractivity contribution < 1.29 is 30.3 Å². The molecule has 0 spiro atoms. The Hall–Kier alpha value is -1.04. The van der Waals surface area contributed by atoms with Crippen molar-refractivity contribution in [3.8, 4) is 6.07 Å². The molecule has 0 saturated heterocycles. The maximum absolute atomic E-state index is 11.5. The van der Waals surface area contributed by atoms with Gasteiger partial charge in [0, 0.05) is 0 Å². The van der Waals surface area contributed by atoms with Gasteiger partial charge in [0.25, 0.3) is 0 Å². The fourth-order valence-electron chi connectivity index (χ4n) is 1.06. The summed E-state index contributed by atoms with van der Waals surface area (Å²) in [4.78, 5) is 11.5. The van der Waals surface area contributed by atoms with Crippen LogP contribution in [-0.2, 0) is 4.79 Å². The summed E-state index contributed by atoms with van der Waals surface area (Å²) in [5, 5.41) is 54.2. The highest BCUT2D eigenvalue weighted by molar-refractivity contribution is 5.91. The van der Waals surface area contributed by atoms with Gasteiger partial charge in [-0.3, -0.25) is 4.79 Å². The normalized spacial score (nSPS) is 18.9. The average molecular weight is 246 g/mol. The fraction of sp³-hybridized carbons (Fsp3) is 0.700. The van der Waals surface area contributed by atoms with Crippen molar-refractivity contribution in [1.82, 2.24) is 0 Å². The molecule has 0 saturated carbocycles. The number of carbonyl (C=O) groups is 1. The van der Waals surface area contributed by atoms with Crippen LogP contribution in [0, 0.1) is 23.7 Å². The molecule has 7 nitrogen and oxygen atoms in total. The maximum atomic E-state index is 11.5. The van der Waals surface area contributed by atoms with E-state index in [1.807, 2.05) is 0 Å². The minimum absolute atomic E-state index is 0.848. The molecule has 1 unspecified atom stereocenters. The van der Waals surface area contributed by atoms with Crippen molar-refractivity contribution in [3.63, 3.8) is 0 Å². The summed E-state index contributed by atoms with van der Waals surface area (Å²) in [6, 6.07) is 1.53. The van der Waals surface area contributed by atoms with Crippen molar-refractivity contribution >= 4 is 5.78 Å². The Kier molecular flexibility index (Phi) is 5.68. The van der Waals surface area contributed by atoms with E-state index in [1.165, 1.54) is 6.07 Å². The van der Waals surface area contributed by atoms with E-state index in [2.05, 4.69) is 6.92 Å². The number of Topliss-reactive ketones (excluding diaryl/α,β-unsaturated/α-hetero) is 1. The third-order valence-electron chi connectivity index (χ3n) is 2.31. The van der Waals surface area contributed by atoms with Crippen LogP contribution in [0.2, 0.25) is 0 Å². The predicted octanol–water partition coefficient (Wildman–Crippen LogP) is -2.64. The number of rotatable bonds is 6. The number of aliphatic hydroxyl groups is 5. The highest BCUT2D eigenvalue weighted by Gasteiger charge is 2.40. The summed E-state index contributed by atoms with van der Waals surface area (Å²) in [6.45, 7) is 3.53. The molecule has 0 amide bonds. The van der Waals surface area contributed by atoms with Crippen LogP contribution in [0.5, 0.6) is 0 Å². The minimum Gasteiger partial charge on any atom is -0.394 e. The molecule has 0 rings (SSSR count). The number of ketones is 1. The monoisotopic (exact) mass is 246 g/mol. The van der Waals surface area contributed by atoms with Gasteiger partial charge in [0.05, 0.1) is 12.7 Å². The minimum atomic E-state index is -2.08. The standard InChI is InChI=1S/C10H16NO6/c1-10(2,4-11)9(17)8(16)7(15)6(14)5(13)3-12/h5-8,12-16H,1,3H2,2H3/t5-,6-,7+,8-,10?/m1/s1. The Labute approximate surface area is 98.5 Å². The zero-order valence-corrected chi connectivity index (χ0v) is 9.32. The summed E-state index contributed by atoms with van der Waals surface area (Å²) < 4.78 is 0. The largest absolute Gasteiger partial charge is 0.394 e. The Morgan fingerprint density at radius 1 is 1.35 bits per heavy atom. The first-order valence-corrected chi connectivity index (χ1v) is 4.83. The second-order valence-electron chi connectivity index (χ2n) is 3.98. The second kappa shape index (κ2) is 6.05. The van der Waals surface area contributed by atoms with Gasteiger partial charge in [-0.2, -0.15) is 5.26 Å². The molecule has 0 aromatic rings. The van der Waals surface area contributed by atoms with E-state index in [0.717, 1.165) is 6.92 Å². The van der Waals surface area contributed by atoms with E-state index in [-0.39, 0.29) is 0 Å². The van der Waals surface area contributed by atoms with Crippen molar-refractivity contribution in [1.29, 1.82) is 5.26 Å². The van der Waals surface area contributed by atoms with E-state index in [0.29, 0.717) is 0 Å². The van der Waals surface area contributed by atoms with Gasteiger partial charge < -0.3 is 25.5 Å². The summed E-state index contributed by atoms with van der Waals surface area (Å²) in [6.07, 6.45) is -7.70. The van der Waals surface area contributed by atoms with Gasteiger partial charge in [0.1, 0.15) is 29.8 Å². The molecule has 0 aromatic carbocycles. The molecular weight excluding hydrogens is 230 g/mol. The van der Waals surface area contributed by atoms with Gasteiger partial charge in [0.15, 0.2) is 5.78 Å². The number of nitrogens with zero attached hydrogens (tertiary/aromatic N) is 1. The van der Waals surface area contributed by atoms with Crippen molar-refractivity contribution in [3.05, 3.63) is 6.92 Å². The van der Waals surface area contributed by atoms with Crippen LogP contribution in [0.1, 0.15) is 6.92 Å². The Morgan fingerprint density at radius 2 is 1.82 bits per heavy atom. The first-order chi connectivity index (χ1) is 7.68. The summed E-state index contributed by atoms with van der Waals surface area (Å²) >= 11 is 0. The zero-order valence-electron chi connectivity index (χ0n) is 9.32. The van der Waals surface area contributed by atoms with Gasteiger partial charge >= 0.3 is 0 Å². The highest BCUT2D eigenvalue weighted by Crippen LogP contribution is 2.19. The smallest absolute Gasteiger partial charge is 0.183 e. The predicted molar refractivity (Wildman–Crippen MR) is 55.2 cm³/mol. The van der Waals surface area contributed by atoms with Gasteiger partial charge in [-0.05, 0) is 13.8 Å². The number of hydrogen-bond acceptors (Lipinski definition) is 7. The Balaban J connectivity index is 4.78. The third kappa shape index (κ3) is 3.73. The molecule has 0 fully saturated rings. The molecule has 7 heteroatoms. The van der Waals surface area contributed by atoms with E-state index >= 15 is 0 Å². The average Bonchev–Trinajstić information content (AvgIpc) is 2.33. The van der Waals surface area contributed by atoms with E-state index in [9.17, 15) is 20.1 Å². The van der Waals surface area contributed by atoms with E-state index < -0.39 is 42.2 Å². The quantitative estimate of drug-likeness (QED) is 0.344. The molecule has 0 aliphatic heterocycles. The lowest BCUT2D eigenvalue weighted by Crippen LogP contribution is -2.51. The number of hydrogen-bond donors (Lipinski definition) is 5. The fourth-order valence-corrected chi connectivity index (χ4v) is 1.06.